The van der Waals surface area contributed by atoms with Crippen LogP contribution in [0.15, 0.2) is 24.3 Å². The molecule has 110 valence electrons. The van der Waals surface area contributed by atoms with Crippen molar-refractivity contribution in [2.45, 2.75) is 26.4 Å². The van der Waals surface area contributed by atoms with E-state index >= 15 is 0 Å². The van der Waals surface area contributed by atoms with Crippen LogP contribution in [0.2, 0.25) is 0 Å². The number of hydrogen-bond acceptors (Lipinski definition) is 4. The summed E-state index contributed by atoms with van der Waals surface area (Å²) in [5.74, 6) is 0.214. The van der Waals surface area contributed by atoms with Crippen LogP contribution in [-0.4, -0.2) is 31.0 Å². The molecule has 6 heteroatoms. The van der Waals surface area contributed by atoms with E-state index in [1.807, 2.05) is 13.0 Å². The molecule has 0 saturated carbocycles. The molecule has 0 bridgehead atoms. The molecule has 0 aliphatic carbocycles. The Balaban J connectivity index is 2.49. The Morgan fingerprint density at radius 1 is 1.35 bits per heavy atom. The van der Waals surface area contributed by atoms with Crippen molar-refractivity contribution in [1.82, 2.24) is 10.6 Å². The number of ether oxygens (including phenoxy) is 1. The molecule has 0 unspecified atom stereocenters. The fourth-order valence-corrected chi connectivity index (χ4v) is 1.49. The van der Waals surface area contributed by atoms with E-state index in [1.165, 1.54) is 0 Å². The molecule has 0 radical (unpaired) electrons. The predicted molar refractivity (Wildman–Crippen MR) is 76.1 cm³/mol. The molecule has 0 saturated heterocycles. The van der Waals surface area contributed by atoms with Gasteiger partial charge in [-0.15, -0.1) is 0 Å². The highest BCUT2D eigenvalue weighted by Crippen LogP contribution is 2.13. The second-order valence-corrected chi connectivity index (χ2v) is 4.40. The molecular formula is C14H21N3O3. The zero-order valence-corrected chi connectivity index (χ0v) is 11.8. The minimum Gasteiger partial charge on any atom is -0.484 e. The number of carbonyl (C=O) groups is 2. The fourth-order valence-electron chi connectivity index (χ4n) is 1.49. The average molecular weight is 279 g/mol. The van der Waals surface area contributed by atoms with Gasteiger partial charge in [0.25, 0.3) is 5.91 Å². The van der Waals surface area contributed by atoms with Gasteiger partial charge in [0, 0.05) is 13.1 Å². The molecule has 1 rings (SSSR count). The number of hydrogen-bond donors (Lipinski definition) is 3. The van der Waals surface area contributed by atoms with Crippen LogP contribution < -0.4 is 21.1 Å². The normalized spacial score (nSPS) is 11.6. The lowest BCUT2D eigenvalue weighted by molar-refractivity contribution is -0.123. The van der Waals surface area contributed by atoms with Crippen LogP contribution in [0.1, 0.15) is 19.4 Å². The van der Waals surface area contributed by atoms with Crippen molar-refractivity contribution in [1.29, 1.82) is 0 Å². The minimum atomic E-state index is -0.535. The molecule has 1 atom stereocenters. The Morgan fingerprint density at radius 3 is 2.75 bits per heavy atom. The first kappa shape index (κ1) is 16.0. The molecule has 4 N–H and O–H groups in total. The van der Waals surface area contributed by atoms with Crippen LogP contribution in [0.25, 0.3) is 0 Å². The summed E-state index contributed by atoms with van der Waals surface area (Å²) in [5, 5.41) is 5.36. The Kier molecular flexibility index (Phi) is 6.52. The van der Waals surface area contributed by atoms with Crippen LogP contribution in [0.4, 0.5) is 0 Å². The summed E-state index contributed by atoms with van der Waals surface area (Å²) in [4.78, 5) is 22.7. The van der Waals surface area contributed by atoms with Gasteiger partial charge >= 0.3 is 0 Å². The second kappa shape index (κ2) is 8.16. The van der Waals surface area contributed by atoms with Crippen LogP contribution in [0.3, 0.4) is 0 Å². The van der Waals surface area contributed by atoms with Gasteiger partial charge in [0.1, 0.15) is 5.75 Å². The van der Waals surface area contributed by atoms with Crippen molar-refractivity contribution in [3.63, 3.8) is 0 Å². The first-order valence-corrected chi connectivity index (χ1v) is 6.54. The Morgan fingerprint density at radius 2 is 2.10 bits per heavy atom. The minimum absolute atomic E-state index is 0.0243. The van der Waals surface area contributed by atoms with Gasteiger partial charge in [-0.05, 0) is 31.5 Å². The van der Waals surface area contributed by atoms with E-state index in [-0.39, 0.29) is 18.4 Å². The highest BCUT2D eigenvalue weighted by molar-refractivity contribution is 5.80. The summed E-state index contributed by atoms with van der Waals surface area (Å²) in [7, 11) is 0. The monoisotopic (exact) mass is 279 g/mol. The molecule has 0 aliphatic heterocycles. The second-order valence-electron chi connectivity index (χ2n) is 4.40. The van der Waals surface area contributed by atoms with E-state index in [4.69, 9.17) is 10.5 Å². The quantitative estimate of drug-likeness (QED) is 0.663. The Hall–Kier alpha value is -2.08. The lowest BCUT2D eigenvalue weighted by Gasteiger charge is -2.10. The summed E-state index contributed by atoms with van der Waals surface area (Å²) < 4.78 is 5.37. The van der Waals surface area contributed by atoms with Gasteiger partial charge in [0.15, 0.2) is 6.61 Å². The maximum atomic E-state index is 11.4. The van der Waals surface area contributed by atoms with Gasteiger partial charge in [-0.2, -0.15) is 0 Å². The molecule has 0 aromatic heterocycles. The molecular weight excluding hydrogens is 258 g/mol. The smallest absolute Gasteiger partial charge is 0.257 e. The van der Waals surface area contributed by atoms with E-state index in [2.05, 4.69) is 10.6 Å². The molecule has 1 aromatic rings. The summed E-state index contributed by atoms with van der Waals surface area (Å²) in [5.41, 5.74) is 6.34. The van der Waals surface area contributed by atoms with E-state index in [1.54, 1.807) is 25.1 Å². The molecule has 2 amide bonds. The van der Waals surface area contributed by atoms with Gasteiger partial charge in [-0.1, -0.05) is 12.1 Å². The number of carbonyl (C=O) groups excluding carboxylic acids is 2. The van der Waals surface area contributed by atoms with Gasteiger partial charge in [0.05, 0.1) is 6.04 Å². The largest absolute Gasteiger partial charge is 0.484 e. The maximum Gasteiger partial charge on any atom is 0.257 e. The third-order valence-corrected chi connectivity index (χ3v) is 2.52. The summed E-state index contributed by atoms with van der Waals surface area (Å²) in [6, 6.07) is 6.67. The van der Waals surface area contributed by atoms with Gasteiger partial charge in [0.2, 0.25) is 5.91 Å². The molecule has 1 aromatic carbocycles. The molecule has 0 spiro atoms. The van der Waals surface area contributed by atoms with Crippen molar-refractivity contribution in [3.8, 4) is 5.75 Å². The SMILES string of the molecule is CCNC(=O)COc1cccc(CNC(=O)[C@@H](C)N)c1. The molecule has 6 nitrogen and oxygen atoms in total. The van der Waals surface area contributed by atoms with Crippen molar-refractivity contribution in [2.75, 3.05) is 13.2 Å². The highest BCUT2D eigenvalue weighted by atomic mass is 16.5. The van der Waals surface area contributed by atoms with Crippen LogP contribution in [0, 0.1) is 0 Å². The summed E-state index contributed by atoms with van der Waals surface area (Å²) >= 11 is 0. The van der Waals surface area contributed by atoms with Crippen LogP contribution >= 0.6 is 0 Å². The highest BCUT2D eigenvalue weighted by Gasteiger charge is 2.07. The molecule has 0 fully saturated rings. The van der Waals surface area contributed by atoms with E-state index in [0.717, 1.165) is 5.56 Å². The third-order valence-electron chi connectivity index (χ3n) is 2.52. The molecule has 0 aliphatic rings. The number of nitrogens with two attached hydrogens (primary N) is 1. The Labute approximate surface area is 118 Å². The van der Waals surface area contributed by atoms with Crippen molar-refractivity contribution >= 4 is 11.8 Å². The fraction of sp³-hybridized carbons (Fsp3) is 0.429. The van der Waals surface area contributed by atoms with Gasteiger partial charge in [-0.25, -0.2) is 0 Å². The van der Waals surface area contributed by atoms with Crippen molar-refractivity contribution < 1.29 is 14.3 Å². The standard InChI is InChI=1S/C14H21N3O3/c1-3-16-13(18)9-20-12-6-4-5-11(7-12)8-17-14(19)10(2)15/h4-7,10H,3,8-9,15H2,1-2H3,(H,16,18)(H,17,19)/t10-/m1/s1. The lowest BCUT2D eigenvalue weighted by atomic mass is 10.2. The van der Waals surface area contributed by atoms with Gasteiger partial charge in [-0.3, -0.25) is 9.59 Å². The summed E-state index contributed by atoms with van der Waals surface area (Å²) in [6.45, 7) is 4.40. The molecule has 0 heterocycles. The summed E-state index contributed by atoms with van der Waals surface area (Å²) in [6.07, 6.45) is 0. The zero-order valence-electron chi connectivity index (χ0n) is 11.8. The van der Waals surface area contributed by atoms with Crippen molar-refractivity contribution in [2.24, 2.45) is 5.73 Å². The van der Waals surface area contributed by atoms with E-state index < -0.39 is 6.04 Å². The first-order chi connectivity index (χ1) is 9.52. The molecule has 20 heavy (non-hydrogen) atoms. The maximum absolute atomic E-state index is 11.4. The zero-order chi connectivity index (χ0) is 15.0. The number of benzene rings is 1. The third kappa shape index (κ3) is 5.71. The topological polar surface area (TPSA) is 93.5 Å². The van der Waals surface area contributed by atoms with Crippen LogP contribution in [-0.2, 0) is 16.1 Å². The van der Waals surface area contributed by atoms with Crippen LogP contribution in [0.5, 0.6) is 5.75 Å². The number of amides is 2. The number of likely N-dealkylation sites (N-methyl/N-ethyl adjacent to an activating group) is 1. The predicted octanol–water partition coefficient (Wildman–Crippen LogP) is 0.165. The number of rotatable bonds is 7. The lowest BCUT2D eigenvalue weighted by Crippen LogP contribution is -2.37. The Bertz CT molecular complexity index is 461. The van der Waals surface area contributed by atoms with E-state index in [0.29, 0.717) is 18.8 Å². The first-order valence-electron chi connectivity index (χ1n) is 6.54. The van der Waals surface area contributed by atoms with E-state index in [9.17, 15) is 9.59 Å². The number of nitrogens with one attached hydrogen (secondary N) is 2. The van der Waals surface area contributed by atoms with Gasteiger partial charge < -0.3 is 21.1 Å². The van der Waals surface area contributed by atoms with Crippen molar-refractivity contribution in [3.05, 3.63) is 29.8 Å². The average Bonchev–Trinajstić information content (AvgIpc) is 2.43.